The van der Waals surface area contributed by atoms with Crippen molar-refractivity contribution in [2.45, 2.75) is 27.2 Å². The van der Waals surface area contributed by atoms with Crippen LogP contribution in [-0.4, -0.2) is 43.5 Å². The second kappa shape index (κ2) is 10.7. The lowest BCUT2D eigenvalue weighted by atomic mass is 10.1. The molecule has 1 N–H and O–H groups in total. The van der Waals surface area contributed by atoms with Crippen LogP contribution < -0.4 is 14.8 Å². The van der Waals surface area contributed by atoms with Gasteiger partial charge in [-0.1, -0.05) is 36.7 Å². The third kappa shape index (κ3) is 5.87. The molecule has 2 rings (SSSR count). The number of hydrogen-bond donors (Lipinski definition) is 1. The lowest BCUT2D eigenvalue weighted by Gasteiger charge is -2.23. The second-order valence-corrected chi connectivity index (χ2v) is 6.92. The van der Waals surface area contributed by atoms with E-state index in [4.69, 9.17) is 21.1 Å². The van der Waals surface area contributed by atoms with Crippen LogP contribution in [-0.2, 0) is 4.79 Å². The van der Waals surface area contributed by atoms with Crippen molar-refractivity contribution in [2.24, 2.45) is 0 Å². The minimum Gasteiger partial charge on any atom is -0.493 e. The van der Waals surface area contributed by atoms with Gasteiger partial charge < -0.3 is 19.7 Å². The largest absolute Gasteiger partial charge is 0.493 e. The quantitative estimate of drug-likeness (QED) is 0.648. The van der Waals surface area contributed by atoms with Gasteiger partial charge in [0.1, 0.15) is 6.54 Å². The predicted molar refractivity (Wildman–Crippen MR) is 115 cm³/mol. The number of anilines is 1. The van der Waals surface area contributed by atoms with E-state index in [1.54, 1.807) is 12.1 Å². The smallest absolute Gasteiger partial charge is 0.254 e. The van der Waals surface area contributed by atoms with Crippen molar-refractivity contribution < 1.29 is 19.1 Å². The van der Waals surface area contributed by atoms with Crippen molar-refractivity contribution in [3.63, 3.8) is 0 Å². The molecule has 0 saturated heterocycles. The molecule has 0 aliphatic heterocycles. The standard InChI is InChI=1S/C22H27ClN2O4/c1-5-11-25(14-20(26)24-18-10-8-7-9-15(18)3)22(27)16-12-17(23)21(29-6-2)19(13-16)28-4/h7-10,12-13H,5-6,11,14H2,1-4H3,(H,24,26). The normalized spacial score (nSPS) is 10.4. The molecule has 0 radical (unpaired) electrons. The number of rotatable bonds is 9. The lowest BCUT2D eigenvalue weighted by molar-refractivity contribution is -0.116. The van der Waals surface area contributed by atoms with Crippen molar-refractivity contribution in [3.05, 3.63) is 52.5 Å². The Balaban J connectivity index is 2.21. The Kier molecular flexibility index (Phi) is 8.34. The van der Waals surface area contributed by atoms with Gasteiger partial charge in [-0.3, -0.25) is 9.59 Å². The summed E-state index contributed by atoms with van der Waals surface area (Å²) >= 11 is 6.29. The highest BCUT2D eigenvalue weighted by Crippen LogP contribution is 2.36. The number of aryl methyl sites for hydroxylation is 1. The number of ether oxygens (including phenoxy) is 2. The van der Waals surface area contributed by atoms with E-state index in [-0.39, 0.29) is 23.4 Å². The van der Waals surface area contributed by atoms with E-state index in [1.165, 1.54) is 12.0 Å². The highest BCUT2D eigenvalue weighted by Gasteiger charge is 2.22. The van der Waals surface area contributed by atoms with Crippen molar-refractivity contribution in [2.75, 3.05) is 32.1 Å². The molecule has 0 aliphatic rings. The maximum Gasteiger partial charge on any atom is 0.254 e. The average Bonchev–Trinajstić information content (AvgIpc) is 2.70. The minimum absolute atomic E-state index is 0.0614. The average molecular weight is 419 g/mol. The van der Waals surface area contributed by atoms with E-state index < -0.39 is 0 Å². The Morgan fingerprint density at radius 3 is 2.52 bits per heavy atom. The van der Waals surface area contributed by atoms with Crippen molar-refractivity contribution in [1.82, 2.24) is 4.90 Å². The monoisotopic (exact) mass is 418 g/mol. The van der Waals surface area contributed by atoms with Crippen LogP contribution in [0.1, 0.15) is 36.2 Å². The third-order valence-electron chi connectivity index (χ3n) is 4.30. The number of hydrogen-bond acceptors (Lipinski definition) is 4. The van der Waals surface area contributed by atoms with Gasteiger partial charge in [0, 0.05) is 17.8 Å². The van der Waals surface area contributed by atoms with Crippen LogP contribution in [0.25, 0.3) is 0 Å². The minimum atomic E-state index is -0.296. The van der Waals surface area contributed by atoms with Gasteiger partial charge in [0.15, 0.2) is 11.5 Å². The molecule has 29 heavy (non-hydrogen) atoms. The molecule has 0 bridgehead atoms. The van der Waals surface area contributed by atoms with Crippen molar-refractivity contribution in [3.8, 4) is 11.5 Å². The number of nitrogens with zero attached hydrogens (tertiary/aromatic N) is 1. The molecule has 2 aromatic rings. The highest BCUT2D eigenvalue weighted by atomic mass is 35.5. The number of methoxy groups -OCH3 is 1. The number of carbonyl (C=O) groups excluding carboxylic acids is 2. The lowest BCUT2D eigenvalue weighted by Crippen LogP contribution is -2.38. The summed E-state index contributed by atoms with van der Waals surface area (Å²) < 4.78 is 10.8. The summed E-state index contributed by atoms with van der Waals surface area (Å²) in [6.45, 7) is 6.50. The van der Waals surface area contributed by atoms with Gasteiger partial charge in [0.2, 0.25) is 5.91 Å². The van der Waals surface area contributed by atoms with Crippen LogP contribution in [0.2, 0.25) is 5.02 Å². The molecular formula is C22H27ClN2O4. The van der Waals surface area contributed by atoms with Crippen LogP contribution in [0.5, 0.6) is 11.5 Å². The first-order chi connectivity index (χ1) is 13.9. The Labute approximate surface area is 176 Å². The van der Waals surface area contributed by atoms with Gasteiger partial charge in [0.25, 0.3) is 5.91 Å². The topological polar surface area (TPSA) is 67.9 Å². The molecule has 0 aliphatic carbocycles. The van der Waals surface area contributed by atoms with Crippen LogP contribution >= 0.6 is 11.6 Å². The number of nitrogens with one attached hydrogen (secondary N) is 1. The van der Waals surface area contributed by atoms with Gasteiger partial charge in [-0.05, 0) is 44.0 Å². The Morgan fingerprint density at radius 2 is 1.90 bits per heavy atom. The summed E-state index contributed by atoms with van der Waals surface area (Å²) in [5.74, 6) is 0.219. The van der Waals surface area contributed by atoms with E-state index in [9.17, 15) is 9.59 Å². The molecule has 0 unspecified atom stereocenters. The number of carbonyl (C=O) groups is 2. The van der Waals surface area contributed by atoms with E-state index in [1.807, 2.05) is 45.0 Å². The summed E-state index contributed by atoms with van der Waals surface area (Å²) in [6.07, 6.45) is 0.714. The summed E-state index contributed by atoms with van der Waals surface area (Å²) in [5, 5.41) is 3.15. The Bertz CT molecular complexity index is 870. The maximum absolute atomic E-state index is 13.1. The van der Waals surface area contributed by atoms with Crippen molar-refractivity contribution >= 4 is 29.1 Å². The maximum atomic E-state index is 13.1. The molecular weight excluding hydrogens is 392 g/mol. The number of para-hydroxylation sites is 1. The summed E-state index contributed by atoms with van der Waals surface area (Å²) in [6, 6.07) is 10.6. The molecule has 7 heteroatoms. The molecule has 0 heterocycles. The van der Waals surface area contributed by atoms with E-state index in [0.29, 0.717) is 36.6 Å². The Morgan fingerprint density at radius 1 is 1.17 bits per heavy atom. The fourth-order valence-corrected chi connectivity index (χ4v) is 3.17. The molecule has 0 saturated carbocycles. The first kappa shape index (κ1) is 22.6. The summed E-state index contributed by atoms with van der Waals surface area (Å²) in [5.41, 5.74) is 2.02. The van der Waals surface area contributed by atoms with Crippen LogP contribution in [0.15, 0.2) is 36.4 Å². The SMILES string of the molecule is CCCN(CC(=O)Nc1ccccc1C)C(=O)c1cc(Cl)c(OCC)c(OC)c1. The first-order valence-electron chi connectivity index (χ1n) is 9.56. The molecule has 0 fully saturated rings. The Hall–Kier alpha value is -2.73. The summed E-state index contributed by atoms with van der Waals surface area (Å²) in [4.78, 5) is 27.1. The van der Waals surface area contributed by atoms with Crippen LogP contribution in [0.4, 0.5) is 5.69 Å². The number of halogens is 1. The van der Waals surface area contributed by atoms with Crippen molar-refractivity contribution in [1.29, 1.82) is 0 Å². The van der Waals surface area contributed by atoms with Crippen LogP contribution in [0.3, 0.4) is 0 Å². The van der Waals surface area contributed by atoms with Gasteiger partial charge in [-0.15, -0.1) is 0 Å². The fraction of sp³-hybridized carbons (Fsp3) is 0.364. The van der Waals surface area contributed by atoms with Gasteiger partial charge in [0.05, 0.1) is 18.7 Å². The zero-order chi connectivity index (χ0) is 21.4. The summed E-state index contributed by atoms with van der Waals surface area (Å²) in [7, 11) is 1.49. The molecule has 0 atom stereocenters. The number of benzene rings is 2. The first-order valence-corrected chi connectivity index (χ1v) is 9.94. The second-order valence-electron chi connectivity index (χ2n) is 6.51. The van der Waals surface area contributed by atoms with Gasteiger partial charge in [-0.25, -0.2) is 0 Å². The molecule has 0 aromatic heterocycles. The van der Waals surface area contributed by atoms with E-state index >= 15 is 0 Å². The highest BCUT2D eigenvalue weighted by molar-refractivity contribution is 6.32. The van der Waals surface area contributed by atoms with Gasteiger partial charge in [-0.2, -0.15) is 0 Å². The molecule has 0 spiro atoms. The molecule has 2 amide bonds. The number of amides is 2. The third-order valence-corrected chi connectivity index (χ3v) is 4.58. The van der Waals surface area contributed by atoms with E-state index in [0.717, 1.165) is 11.3 Å². The van der Waals surface area contributed by atoms with Crippen LogP contribution in [0, 0.1) is 6.92 Å². The van der Waals surface area contributed by atoms with Gasteiger partial charge >= 0.3 is 0 Å². The van der Waals surface area contributed by atoms with E-state index in [2.05, 4.69) is 5.32 Å². The zero-order valence-corrected chi connectivity index (χ0v) is 18.0. The molecule has 6 nitrogen and oxygen atoms in total. The molecule has 2 aromatic carbocycles. The molecule has 156 valence electrons. The zero-order valence-electron chi connectivity index (χ0n) is 17.3. The fourth-order valence-electron chi connectivity index (χ4n) is 2.91. The predicted octanol–water partition coefficient (Wildman–Crippen LogP) is 4.55.